The van der Waals surface area contributed by atoms with Crippen LogP contribution in [0.3, 0.4) is 0 Å². The summed E-state index contributed by atoms with van der Waals surface area (Å²) >= 11 is 0. The molecule has 10 atom stereocenters. The number of ketones is 1. The standard InChI is InChI=1S/C24H32O7/c1-22-9-8-16(25)19(27)15(22)5-4-14-18(22)20(28)21(29)23(2)13(7-10-24(14,23)30)12-3-6-17(26)31-11-12/h3,6,11,13-16,18-20,25,27-28,30H,4-5,7-10H2,1-2H3/t13-,14-,15+,16+,18-,19-,20+,22+,23+,24+/m1/s1. The van der Waals surface area contributed by atoms with Gasteiger partial charge in [0, 0.05) is 17.9 Å². The third-order valence-electron chi connectivity index (χ3n) is 9.89. The van der Waals surface area contributed by atoms with Crippen LogP contribution in [-0.4, -0.2) is 50.1 Å². The Morgan fingerprint density at radius 2 is 1.68 bits per heavy atom. The molecule has 0 saturated heterocycles. The van der Waals surface area contributed by atoms with E-state index >= 15 is 0 Å². The number of Topliss-reactive ketones (excluding diaryl/α,β-unsaturated/α-hetero) is 1. The Hall–Kier alpha value is -1.54. The summed E-state index contributed by atoms with van der Waals surface area (Å²) in [7, 11) is 0. The predicted molar refractivity (Wildman–Crippen MR) is 110 cm³/mol. The molecule has 4 aliphatic rings. The maximum Gasteiger partial charge on any atom is 0.335 e. The van der Waals surface area contributed by atoms with Crippen molar-refractivity contribution < 1.29 is 29.6 Å². The van der Waals surface area contributed by atoms with Gasteiger partial charge in [0.15, 0.2) is 5.78 Å². The molecule has 0 aromatic carbocycles. The Kier molecular flexibility index (Phi) is 4.63. The minimum atomic E-state index is -1.29. The number of carbonyl (C=O) groups excluding carboxylic acids is 1. The van der Waals surface area contributed by atoms with Gasteiger partial charge in [0.05, 0.1) is 29.5 Å². The molecule has 7 heteroatoms. The zero-order valence-corrected chi connectivity index (χ0v) is 18.0. The summed E-state index contributed by atoms with van der Waals surface area (Å²) in [4.78, 5) is 25.2. The zero-order chi connectivity index (χ0) is 22.3. The van der Waals surface area contributed by atoms with E-state index in [1.807, 2.05) is 6.92 Å². The van der Waals surface area contributed by atoms with E-state index in [9.17, 15) is 30.0 Å². The summed E-state index contributed by atoms with van der Waals surface area (Å²) in [6, 6.07) is 2.97. The van der Waals surface area contributed by atoms with Gasteiger partial charge in [0.25, 0.3) is 0 Å². The Balaban J connectivity index is 1.58. The zero-order valence-electron chi connectivity index (χ0n) is 18.0. The van der Waals surface area contributed by atoms with Crippen LogP contribution in [0.2, 0.25) is 0 Å². The molecule has 1 heterocycles. The normalized spacial score (nSPS) is 51.7. The van der Waals surface area contributed by atoms with Crippen molar-refractivity contribution in [2.24, 2.45) is 28.6 Å². The molecule has 4 saturated carbocycles. The molecule has 1 aromatic heterocycles. The molecule has 5 rings (SSSR count). The van der Waals surface area contributed by atoms with Crippen molar-refractivity contribution in [3.8, 4) is 0 Å². The highest BCUT2D eigenvalue weighted by Gasteiger charge is 2.74. The maximum absolute atomic E-state index is 13.8. The summed E-state index contributed by atoms with van der Waals surface area (Å²) in [6.45, 7) is 3.76. The first kappa shape index (κ1) is 21.3. The summed E-state index contributed by atoms with van der Waals surface area (Å²) in [5, 5.41) is 44.4. The number of aliphatic hydroxyl groups excluding tert-OH is 3. The fourth-order valence-corrected chi connectivity index (χ4v) is 8.21. The van der Waals surface area contributed by atoms with Crippen molar-refractivity contribution in [3.63, 3.8) is 0 Å². The molecule has 4 fully saturated rings. The summed E-state index contributed by atoms with van der Waals surface area (Å²) in [5.41, 5.74) is -2.80. The Morgan fingerprint density at radius 3 is 2.35 bits per heavy atom. The number of hydrogen-bond donors (Lipinski definition) is 4. The van der Waals surface area contributed by atoms with Crippen molar-refractivity contribution in [1.29, 1.82) is 0 Å². The van der Waals surface area contributed by atoms with Gasteiger partial charge in [0.1, 0.15) is 6.10 Å². The first-order valence-corrected chi connectivity index (χ1v) is 11.5. The molecule has 0 bridgehead atoms. The van der Waals surface area contributed by atoms with Gasteiger partial charge in [-0.15, -0.1) is 0 Å². The second kappa shape index (κ2) is 6.73. The van der Waals surface area contributed by atoms with Gasteiger partial charge in [0.2, 0.25) is 0 Å². The topological polar surface area (TPSA) is 128 Å². The van der Waals surface area contributed by atoms with Gasteiger partial charge in [-0.05, 0) is 74.3 Å². The lowest BCUT2D eigenvalue weighted by Gasteiger charge is -2.64. The molecule has 31 heavy (non-hydrogen) atoms. The van der Waals surface area contributed by atoms with Crippen LogP contribution in [0.25, 0.3) is 0 Å². The maximum atomic E-state index is 13.8. The molecule has 0 spiro atoms. The molecular formula is C24H32O7. The second-order valence-corrected chi connectivity index (χ2v) is 10.8. The Morgan fingerprint density at radius 1 is 0.968 bits per heavy atom. The van der Waals surface area contributed by atoms with Crippen LogP contribution in [0, 0.1) is 28.6 Å². The highest BCUT2D eigenvalue weighted by atomic mass is 16.4. The molecule has 0 amide bonds. The molecule has 170 valence electrons. The number of aliphatic hydroxyl groups is 4. The van der Waals surface area contributed by atoms with E-state index in [4.69, 9.17) is 4.42 Å². The SMILES string of the molecule is C[C@]12CC[C@H](O)[C@H](O)[C@@H]1CC[C@@H]1[C@@H]2[C@H](O)C(=O)[C@]2(C)[C@@H](c3ccc(=O)oc3)CC[C@]12O. The molecule has 1 aromatic rings. The molecular weight excluding hydrogens is 400 g/mol. The van der Waals surface area contributed by atoms with Crippen molar-refractivity contribution in [3.05, 3.63) is 34.4 Å². The van der Waals surface area contributed by atoms with Crippen LogP contribution in [0.5, 0.6) is 0 Å². The van der Waals surface area contributed by atoms with Crippen molar-refractivity contribution >= 4 is 5.78 Å². The van der Waals surface area contributed by atoms with E-state index in [2.05, 4.69) is 0 Å². The summed E-state index contributed by atoms with van der Waals surface area (Å²) in [6.07, 6.45) is 1.68. The average molecular weight is 433 g/mol. The average Bonchev–Trinajstić information content (AvgIpc) is 3.02. The van der Waals surface area contributed by atoms with Crippen molar-refractivity contribution in [2.45, 2.75) is 82.2 Å². The molecule has 4 N–H and O–H groups in total. The van der Waals surface area contributed by atoms with Gasteiger partial charge >= 0.3 is 5.63 Å². The minimum absolute atomic E-state index is 0.214. The largest absolute Gasteiger partial charge is 0.431 e. The molecule has 7 nitrogen and oxygen atoms in total. The first-order chi connectivity index (χ1) is 14.6. The quantitative estimate of drug-likeness (QED) is 0.527. The van der Waals surface area contributed by atoms with E-state index in [0.717, 1.165) is 0 Å². The first-order valence-electron chi connectivity index (χ1n) is 11.5. The summed E-state index contributed by atoms with van der Waals surface area (Å²) in [5.74, 6) is -1.68. The lowest BCUT2D eigenvalue weighted by atomic mass is 9.41. The van der Waals surface area contributed by atoms with Crippen LogP contribution >= 0.6 is 0 Å². The second-order valence-electron chi connectivity index (χ2n) is 10.8. The van der Waals surface area contributed by atoms with Crippen molar-refractivity contribution in [2.75, 3.05) is 0 Å². The van der Waals surface area contributed by atoms with Gasteiger partial charge in [-0.25, -0.2) is 4.79 Å². The minimum Gasteiger partial charge on any atom is -0.431 e. The summed E-state index contributed by atoms with van der Waals surface area (Å²) < 4.78 is 5.04. The van der Waals surface area contributed by atoms with Crippen molar-refractivity contribution in [1.82, 2.24) is 0 Å². The number of hydrogen-bond acceptors (Lipinski definition) is 7. The van der Waals surface area contributed by atoms with E-state index in [1.54, 1.807) is 13.0 Å². The fraction of sp³-hybridized carbons (Fsp3) is 0.750. The molecule has 4 aliphatic carbocycles. The number of fused-ring (bicyclic) bond motifs is 5. The molecule has 0 unspecified atom stereocenters. The highest BCUT2D eigenvalue weighted by Crippen LogP contribution is 2.69. The van der Waals surface area contributed by atoms with Gasteiger partial charge in [-0.2, -0.15) is 0 Å². The van der Waals surface area contributed by atoms with E-state index in [-0.39, 0.29) is 23.5 Å². The lowest BCUT2D eigenvalue weighted by Crippen LogP contribution is -2.71. The molecule has 0 aliphatic heterocycles. The van der Waals surface area contributed by atoms with E-state index in [1.165, 1.54) is 12.3 Å². The van der Waals surface area contributed by atoms with Gasteiger partial charge < -0.3 is 24.8 Å². The third-order valence-corrected chi connectivity index (χ3v) is 9.89. The van der Waals surface area contributed by atoms with Crippen LogP contribution in [-0.2, 0) is 4.79 Å². The van der Waals surface area contributed by atoms with E-state index < -0.39 is 46.3 Å². The van der Waals surface area contributed by atoms with Crippen LogP contribution < -0.4 is 5.63 Å². The third kappa shape index (κ3) is 2.55. The lowest BCUT2D eigenvalue weighted by molar-refractivity contribution is -0.240. The highest BCUT2D eigenvalue weighted by molar-refractivity contribution is 5.93. The smallest absolute Gasteiger partial charge is 0.335 e. The van der Waals surface area contributed by atoms with Crippen LogP contribution in [0.4, 0.5) is 0 Å². The van der Waals surface area contributed by atoms with Gasteiger partial charge in [-0.1, -0.05) is 6.92 Å². The monoisotopic (exact) mass is 432 g/mol. The van der Waals surface area contributed by atoms with Crippen LogP contribution in [0.15, 0.2) is 27.6 Å². The van der Waals surface area contributed by atoms with E-state index in [0.29, 0.717) is 44.1 Å². The fourth-order valence-electron chi connectivity index (χ4n) is 8.21. The Labute approximate surface area is 181 Å². The predicted octanol–water partition coefficient (Wildman–Crippen LogP) is 1.36. The number of carbonyl (C=O) groups is 1. The number of rotatable bonds is 1. The van der Waals surface area contributed by atoms with Crippen LogP contribution in [0.1, 0.15) is 63.9 Å². The van der Waals surface area contributed by atoms with Gasteiger partial charge in [-0.3, -0.25) is 4.79 Å². The molecule has 0 radical (unpaired) electrons. The Bertz CT molecular complexity index is 937.